The van der Waals surface area contributed by atoms with E-state index in [0.29, 0.717) is 79.8 Å². The van der Waals surface area contributed by atoms with Crippen molar-refractivity contribution >= 4 is 35.8 Å². The number of carbonyl (C=O) groups excluding carboxylic acids is 6. The zero-order valence-corrected chi connectivity index (χ0v) is 53.6. The Labute approximate surface area is 498 Å². The minimum atomic E-state index is -0.861. The van der Waals surface area contributed by atoms with Gasteiger partial charge in [-0.25, -0.2) is 9.59 Å². The van der Waals surface area contributed by atoms with Crippen molar-refractivity contribution in [2.45, 2.75) is 296 Å². The van der Waals surface area contributed by atoms with E-state index in [1.54, 1.807) is 0 Å². The van der Waals surface area contributed by atoms with Crippen LogP contribution in [0.4, 0.5) is 0 Å². The lowest BCUT2D eigenvalue weighted by Crippen LogP contribution is -2.48. The minimum absolute atomic E-state index is 0.116. The first-order valence-electron chi connectivity index (χ1n) is 32.7. The normalized spacial score (nSPS) is 13.8. The number of quaternary nitrogens is 2. The number of carbonyl (C=O) groups is 6. The second-order valence-electron chi connectivity index (χ2n) is 24.1. The third-order valence-corrected chi connectivity index (χ3v) is 14.7. The van der Waals surface area contributed by atoms with Gasteiger partial charge < -0.3 is 47.6 Å². The Morgan fingerprint density at radius 3 is 1.10 bits per heavy atom. The second-order valence-corrected chi connectivity index (χ2v) is 24.1. The highest BCUT2D eigenvalue weighted by atomic mass is 16.7. The van der Waals surface area contributed by atoms with E-state index in [9.17, 15) is 39.0 Å². The summed E-state index contributed by atoms with van der Waals surface area (Å²) >= 11 is 0. The maximum atomic E-state index is 13.0. The van der Waals surface area contributed by atoms with Gasteiger partial charge in [-0.1, -0.05) is 162 Å². The van der Waals surface area contributed by atoms with E-state index in [0.717, 1.165) is 135 Å². The summed E-state index contributed by atoms with van der Waals surface area (Å²) in [5.41, 5.74) is 0. The molecule has 0 aliphatic heterocycles. The van der Waals surface area contributed by atoms with Crippen LogP contribution in [-0.2, 0) is 57.2 Å². The molecule has 0 bridgehead atoms. The molecule has 0 aromatic carbocycles. The summed E-state index contributed by atoms with van der Waals surface area (Å²) in [7, 11) is 7.59. The summed E-state index contributed by atoms with van der Waals surface area (Å²) in [4.78, 5) is 75.4. The Kier molecular flexibility index (Phi) is 49.1. The molecular weight excluding hydrogens is 1040 g/mol. The molecule has 0 radical (unpaired) electrons. The largest absolute Gasteiger partial charge is 0.460 e. The SMILES string of the molecule is CCCCCCCCCC(OC(=O)CCCCCCC/C=C\CC(O)C(CCCCC)OC(=O)C[N+](C)(C)CCOC(=O)CCC)OC(=O)CCCCCCC/C=C\CC(O)C(CCCCC)OC(=O)C[N+](C)(C)CCOC(=O)CCC. The highest BCUT2D eigenvalue weighted by Crippen LogP contribution is 2.20. The van der Waals surface area contributed by atoms with Crippen molar-refractivity contribution in [1.29, 1.82) is 0 Å². The number of likely N-dealkylation sites (N-methyl/N-ethyl adjacent to an activating group) is 2. The molecule has 4 unspecified atom stereocenters. The highest BCUT2D eigenvalue weighted by molar-refractivity contribution is 5.72. The molecule has 82 heavy (non-hydrogen) atoms. The minimum Gasteiger partial charge on any atom is -0.460 e. The quantitative estimate of drug-likeness (QED) is 0.0146. The molecule has 16 heteroatoms. The predicted octanol–water partition coefficient (Wildman–Crippen LogP) is 13.4. The fourth-order valence-corrected chi connectivity index (χ4v) is 9.44. The second kappa shape index (κ2) is 51.6. The van der Waals surface area contributed by atoms with Crippen molar-refractivity contribution in [3.63, 3.8) is 0 Å². The number of allylic oxidation sites excluding steroid dienone is 2. The van der Waals surface area contributed by atoms with E-state index in [1.807, 2.05) is 54.2 Å². The number of hydrogen-bond acceptors (Lipinski definition) is 14. The van der Waals surface area contributed by atoms with Crippen LogP contribution in [0.3, 0.4) is 0 Å². The van der Waals surface area contributed by atoms with Gasteiger partial charge in [0.1, 0.15) is 38.5 Å². The van der Waals surface area contributed by atoms with Crippen LogP contribution in [0.5, 0.6) is 0 Å². The molecule has 4 atom stereocenters. The van der Waals surface area contributed by atoms with Gasteiger partial charge in [0.25, 0.3) is 0 Å². The fourth-order valence-electron chi connectivity index (χ4n) is 9.44. The molecule has 0 aromatic rings. The number of esters is 6. The smallest absolute Gasteiger partial charge is 0.362 e. The number of unbranched alkanes of at least 4 members (excludes halogenated alkanes) is 20. The van der Waals surface area contributed by atoms with Crippen molar-refractivity contribution in [2.75, 3.05) is 67.6 Å². The molecule has 0 amide bonds. The van der Waals surface area contributed by atoms with E-state index in [2.05, 4.69) is 32.9 Å². The molecule has 2 N–H and O–H groups in total. The number of aliphatic hydroxyl groups excluding tert-OH is 2. The van der Waals surface area contributed by atoms with E-state index in [-0.39, 0.29) is 75.0 Å². The zero-order chi connectivity index (χ0) is 61.1. The van der Waals surface area contributed by atoms with Crippen LogP contribution in [0.1, 0.15) is 266 Å². The molecule has 0 aliphatic carbocycles. The lowest BCUT2D eigenvalue weighted by atomic mass is 10.0. The number of aliphatic hydroxyl groups is 2. The first-order valence-corrected chi connectivity index (χ1v) is 32.7. The zero-order valence-electron chi connectivity index (χ0n) is 53.6. The lowest BCUT2D eigenvalue weighted by molar-refractivity contribution is -0.883. The third-order valence-electron chi connectivity index (χ3n) is 14.7. The predicted molar refractivity (Wildman–Crippen MR) is 326 cm³/mol. The van der Waals surface area contributed by atoms with Crippen LogP contribution >= 0.6 is 0 Å². The molecule has 0 saturated heterocycles. The molecule has 16 nitrogen and oxygen atoms in total. The number of rotatable bonds is 56. The molecule has 478 valence electrons. The van der Waals surface area contributed by atoms with Crippen molar-refractivity contribution < 1.29 is 76.4 Å². The number of hydrogen-bond donors (Lipinski definition) is 2. The third kappa shape index (κ3) is 47.5. The summed E-state index contributed by atoms with van der Waals surface area (Å²) in [5.74, 6) is -1.87. The van der Waals surface area contributed by atoms with Crippen molar-refractivity contribution in [1.82, 2.24) is 0 Å². The summed E-state index contributed by atoms with van der Waals surface area (Å²) in [6.45, 7) is 12.0. The molecule has 0 spiro atoms. The lowest BCUT2D eigenvalue weighted by Gasteiger charge is -2.30. The van der Waals surface area contributed by atoms with Crippen molar-refractivity contribution in [3.8, 4) is 0 Å². The Balaban J connectivity index is 4.78. The molecule has 0 saturated carbocycles. The van der Waals surface area contributed by atoms with Gasteiger partial charge in [0.15, 0.2) is 13.1 Å². The fraction of sp³-hybridized carbons (Fsp3) is 0.848. The van der Waals surface area contributed by atoms with Crippen LogP contribution in [0.25, 0.3) is 0 Å². The summed E-state index contributed by atoms with van der Waals surface area (Å²) in [6, 6.07) is 0. The van der Waals surface area contributed by atoms with Gasteiger partial charge >= 0.3 is 35.8 Å². The van der Waals surface area contributed by atoms with Crippen LogP contribution in [-0.4, -0.2) is 153 Å². The average Bonchev–Trinajstić information content (AvgIpc) is 3.40. The molecule has 0 fully saturated rings. The Bertz CT molecular complexity index is 1590. The van der Waals surface area contributed by atoms with Crippen LogP contribution in [0, 0.1) is 0 Å². The Morgan fingerprint density at radius 1 is 0.366 bits per heavy atom. The molecule has 0 aliphatic rings. The van der Waals surface area contributed by atoms with Crippen LogP contribution in [0.15, 0.2) is 24.3 Å². The van der Waals surface area contributed by atoms with Crippen LogP contribution in [0.2, 0.25) is 0 Å². The molecular formula is C66H122N2O14+2. The average molecular weight is 1170 g/mol. The summed E-state index contributed by atoms with van der Waals surface area (Å²) in [6.07, 6.45) is 34.2. The van der Waals surface area contributed by atoms with E-state index in [4.69, 9.17) is 28.4 Å². The first kappa shape index (κ1) is 78.1. The monoisotopic (exact) mass is 1170 g/mol. The van der Waals surface area contributed by atoms with Gasteiger partial charge in [0.05, 0.1) is 40.4 Å². The number of nitrogens with zero attached hydrogens (tertiary/aromatic N) is 2. The maximum absolute atomic E-state index is 13.0. The summed E-state index contributed by atoms with van der Waals surface area (Å²) in [5, 5.41) is 22.1. The van der Waals surface area contributed by atoms with Crippen molar-refractivity contribution in [2.24, 2.45) is 0 Å². The standard InChI is InChI=1S/C66H122N2O14/c1-10-15-18-19-24-33-40-49-66(81-62(73)47-38-31-27-22-20-25-29-36-43-56(69)58(45-34-16-11-2)79-64(75)54-67(6,7)50-52-77-60(71)41-13-4)82-63(74)48-39-32-28-23-21-26-30-37-44-57(70)59(46-35-17-12-3)80-65(76)55-68(8,9)51-53-78-61(72)42-14-5/h29-30,36-37,56-59,66,69-70H,10-28,31-35,38-55H2,1-9H3/q+2/b36-29-,37-30-. The van der Waals surface area contributed by atoms with Crippen LogP contribution < -0.4 is 0 Å². The topological polar surface area (TPSA) is 198 Å². The van der Waals surface area contributed by atoms with Gasteiger partial charge in [0.2, 0.25) is 6.29 Å². The Morgan fingerprint density at radius 2 is 0.707 bits per heavy atom. The molecule has 0 aromatic heterocycles. The van der Waals surface area contributed by atoms with Gasteiger partial charge in [0, 0.05) is 32.1 Å². The van der Waals surface area contributed by atoms with Crippen molar-refractivity contribution in [3.05, 3.63) is 24.3 Å². The van der Waals surface area contributed by atoms with Gasteiger partial charge in [-0.2, -0.15) is 0 Å². The summed E-state index contributed by atoms with van der Waals surface area (Å²) < 4.78 is 34.4. The van der Waals surface area contributed by atoms with E-state index < -0.39 is 30.7 Å². The maximum Gasteiger partial charge on any atom is 0.362 e. The van der Waals surface area contributed by atoms with Gasteiger partial charge in [-0.05, 0) is 96.3 Å². The highest BCUT2D eigenvalue weighted by Gasteiger charge is 2.29. The first-order chi connectivity index (χ1) is 39.3. The molecule has 0 heterocycles. The van der Waals surface area contributed by atoms with E-state index >= 15 is 0 Å². The Hall–Kier alpha value is -3.86. The van der Waals surface area contributed by atoms with Gasteiger partial charge in [-0.3, -0.25) is 19.2 Å². The van der Waals surface area contributed by atoms with Gasteiger partial charge in [-0.15, -0.1) is 0 Å². The number of ether oxygens (including phenoxy) is 6. The van der Waals surface area contributed by atoms with E-state index in [1.165, 1.54) is 25.7 Å². The molecule has 0 rings (SSSR count).